The van der Waals surface area contributed by atoms with Crippen molar-refractivity contribution in [2.45, 2.75) is 39.0 Å². The minimum Gasteiger partial charge on any atom is -0.497 e. The first-order valence-corrected chi connectivity index (χ1v) is 10.5. The number of carbonyl (C=O) groups excluding carboxylic acids is 2. The van der Waals surface area contributed by atoms with E-state index in [2.05, 4.69) is 16.5 Å². The van der Waals surface area contributed by atoms with Crippen molar-refractivity contribution in [1.29, 1.82) is 0 Å². The lowest BCUT2D eigenvalue weighted by molar-refractivity contribution is -0.120. The van der Waals surface area contributed by atoms with Crippen molar-refractivity contribution in [3.63, 3.8) is 0 Å². The number of benzene rings is 1. The second-order valence-electron chi connectivity index (χ2n) is 7.58. The number of methoxy groups -OCH3 is 1. The number of aromatic amines is 1. The molecule has 5 heteroatoms. The monoisotopic (exact) mass is 416 g/mol. The summed E-state index contributed by atoms with van der Waals surface area (Å²) in [7, 11) is 1.67. The number of ether oxygens (including phenoxy) is 1. The SMILES string of the molecule is C=C(/C=C(\C(C)=O)C(=O)CCCCCc1c[nH]c2ccc(OC)cc12)c1ccncc1. The first kappa shape index (κ1) is 22.2. The molecule has 0 unspecified atom stereocenters. The zero-order chi connectivity index (χ0) is 22.2. The third-order valence-corrected chi connectivity index (χ3v) is 5.37. The standard InChI is InChI=1S/C26H28N2O3/c1-18(20-11-13-27-14-12-20)15-23(19(2)29)26(30)8-6-4-5-7-21-17-28-25-10-9-22(31-3)16-24(21)25/h9-17,28H,1,4-8H2,2-3H3/b23-15+. The Labute approximate surface area is 182 Å². The van der Waals surface area contributed by atoms with Crippen molar-refractivity contribution in [3.05, 3.63) is 78.3 Å². The highest BCUT2D eigenvalue weighted by molar-refractivity contribution is 6.20. The van der Waals surface area contributed by atoms with Gasteiger partial charge in [0.05, 0.1) is 12.7 Å². The number of fused-ring (bicyclic) bond motifs is 1. The van der Waals surface area contributed by atoms with Crippen molar-refractivity contribution in [1.82, 2.24) is 9.97 Å². The summed E-state index contributed by atoms with van der Waals surface area (Å²) >= 11 is 0. The van der Waals surface area contributed by atoms with Crippen LogP contribution in [0.5, 0.6) is 5.75 Å². The van der Waals surface area contributed by atoms with Gasteiger partial charge in [-0.3, -0.25) is 14.6 Å². The molecule has 5 nitrogen and oxygen atoms in total. The smallest absolute Gasteiger partial charge is 0.166 e. The van der Waals surface area contributed by atoms with E-state index in [4.69, 9.17) is 4.74 Å². The van der Waals surface area contributed by atoms with Crippen LogP contribution in [0, 0.1) is 0 Å². The second-order valence-corrected chi connectivity index (χ2v) is 7.58. The Hall–Kier alpha value is -3.47. The molecule has 2 aromatic heterocycles. The molecule has 2 heterocycles. The Balaban J connectivity index is 1.52. The number of unbranched alkanes of at least 4 members (excludes halogenated alkanes) is 2. The third-order valence-electron chi connectivity index (χ3n) is 5.37. The first-order chi connectivity index (χ1) is 15.0. The number of nitrogens with one attached hydrogen (secondary N) is 1. The summed E-state index contributed by atoms with van der Waals surface area (Å²) in [5, 5.41) is 1.17. The molecule has 0 saturated heterocycles. The maximum absolute atomic E-state index is 12.6. The molecule has 0 aliphatic rings. The molecule has 160 valence electrons. The average molecular weight is 417 g/mol. The van der Waals surface area contributed by atoms with E-state index in [9.17, 15) is 9.59 Å². The molecule has 0 atom stereocenters. The van der Waals surface area contributed by atoms with Crippen LogP contribution in [0.2, 0.25) is 0 Å². The van der Waals surface area contributed by atoms with Gasteiger partial charge in [-0.25, -0.2) is 0 Å². The van der Waals surface area contributed by atoms with Gasteiger partial charge in [-0.15, -0.1) is 0 Å². The number of hydrogen-bond donors (Lipinski definition) is 1. The lowest BCUT2D eigenvalue weighted by Gasteiger charge is -2.06. The van der Waals surface area contributed by atoms with E-state index in [1.165, 1.54) is 17.9 Å². The normalized spacial score (nSPS) is 11.5. The van der Waals surface area contributed by atoms with Gasteiger partial charge >= 0.3 is 0 Å². The second kappa shape index (κ2) is 10.5. The number of ketones is 2. The van der Waals surface area contributed by atoms with Gasteiger partial charge in [0.25, 0.3) is 0 Å². The van der Waals surface area contributed by atoms with Gasteiger partial charge in [0.15, 0.2) is 11.6 Å². The molecule has 0 radical (unpaired) electrons. The number of carbonyl (C=O) groups is 2. The molecule has 0 amide bonds. The molecule has 0 bridgehead atoms. The van der Waals surface area contributed by atoms with Gasteiger partial charge in [0.2, 0.25) is 0 Å². The van der Waals surface area contributed by atoms with Crippen LogP contribution in [0.1, 0.15) is 43.7 Å². The highest BCUT2D eigenvalue weighted by atomic mass is 16.5. The van der Waals surface area contributed by atoms with Crippen molar-refractivity contribution >= 4 is 28.0 Å². The van der Waals surface area contributed by atoms with Crippen LogP contribution in [0.3, 0.4) is 0 Å². The fourth-order valence-corrected chi connectivity index (χ4v) is 3.61. The highest BCUT2D eigenvalue weighted by Gasteiger charge is 2.15. The Morgan fingerprint density at radius 3 is 2.61 bits per heavy atom. The minimum atomic E-state index is -0.229. The predicted molar refractivity (Wildman–Crippen MR) is 124 cm³/mol. The van der Waals surface area contributed by atoms with Crippen molar-refractivity contribution in [2.75, 3.05) is 7.11 Å². The van der Waals surface area contributed by atoms with Crippen molar-refractivity contribution < 1.29 is 14.3 Å². The highest BCUT2D eigenvalue weighted by Crippen LogP contribution is 2.25. The van der Waals surface area contributed by atoms with Gasteiger partial charge < -0.3 is 9.72 Å². The van der Waals surface area contributed by atoms with E-state index in [1.807, 2.05) is 24.4 Å². The molecular formula is C26H28N2O3. The number of aromatic nitrogens is 2. The lowest BCUT2D eigenvalue weighted by Crippen LogP contribution is -2.10. The van der Waals surface area contributed by atoms with E-state index in [0.29, 0.717) is 12.0 Å². The molecule has 1 N–H and O–H groups in total. The summed E-state index contributed by atoms with van der Waals surface area (Å²) in [6.07, 6.45) is 10.9. The first-order valence-electron chi connectivity index (χ1n) is 10.5. The van der Waals surface area contributed by atoms with Gasteiger partial charge in [-0.2, -0.15) is 0 Å². The zero-order valence-electron chi connectivity index (χ0n) is 18.1. The van der Waals surface area contributed by atoms with Crippen LogP contribution in [0.4, 0.5) is 0 Å². The van der Waals surface area contributed by atoms with Crippen LogP contribution >= 0.6 is 0 Å². The summed E-state index contributed by atoms with van der Waals surface area (Å²) in [6, 6.07) is 9.62. The van der Waals surface area contributed by atoms with Crippen LogP contribution < -0.4 is 4.74 Å². The van der Waals surface area contributed by atoms with Crippen molar-refractivity contribution in [2.24, 2.45) is 0 Å². The Kier molecular flexibility index (Phi) is 7.55. The Bertz CT molecular complexity index is 1110. The number of nitrogens with zero attached hydrogens (tertiary/aromatic N) is 1. The Morgan fingerprint density at radius 2 is 1.90 bits per heavy atom. The van der Waals surface area contributed by atoms with E-state index in [0.717, 1.165) is 42.5 Å². The summed E-state index contributed by atoms with van der Waals surface area (Å²) in [4.78, 5) is 31.9. The third kappa shape index (κ3) is 5.79. The van der Waals surface area contributed by atoms with Crippen molar-refractivity contribution in [3.8, 4) is 5.75 Å². The largest absolute Gasteiger partial charge is 0.497 e. The minimum absolute atomic E-state index is 0.125. The molecule has 0 aliphatic carbocycles. The maximum Gasteiger partial charge on any atom is 0.166 e. The Morgan fingerprint density at radius 1 is 1.13 bits per heavy atom. The number of pyridine rings is 1. The van der Waals surface area contributed by atoms with E-state index in [-0.39, 0.29) is 17.1 Å². The number of rotatable bonds is 11. The summed E-state index contributed by atoms with van der Waals surface area (Å²) in [5.74, 6) is 0.489. The molecule has 0 spiro atoms. The topological polar surface area (TPSA) is 72.0 Å². The van der Waals surface area contributed by atoms with Crippen LogP contribution in [0.25, 0.3) is 16.5 Å². The van der Waals surface area contributed by atoms with E-state index < -0.39 is 0 Å². The van der Waals surface area contributed by atoms with Crippen LogP contribution in [-0.4, -0.2) is 28.6 Å². The molecule has 0 saturated carbocycles. The van der Waals surface area contributed by atoms with Gasteiger partial charge in [0, 0.05) is 35.9 Å². The molecule has 3 rings (SSSR count). The molecule has 31 heavy (non-hydrogen) atoms. The number of allylic oxidation sites excluding steroid dienone is 3. The fraction of sp³-hybridized carbons (Fsp3) is 0.269. The molecule has 0 fully saturated rings. The summed E-state index contributed by atoms with van der Waals surface area (Å²) < 4.78 is 5.32. The number of hydrogen-bond acceptors (Lipinski definition) is 4. The van der Waals surface area contributed by atoms with Crippen LogP contribution in [-0.2, 0) is 16.0 Å². The molecule has 3 aromatic rings. The fourth-order valence-electron chi connectivity index (χ4n) is 3.61. The zero-order valence-corrected chi connectivity index (χ0v) is 18.1. The number of aryl methyl sites for hydroxylation is 1. The van der Waals surface area contributed by atoms with E-state index in [1.54, 1.807) is 37.7 Å². The number of H-pyrrole nitrogens is 1. The maximum atomic E-state index is 12.6. The van der Waals surface area contributed by atoms with Gasteiger partial charge in [-0.1, -0.05) is 13.0 Å². The van der Waals surface area contributed by atoms with Gasteiger partial charge in [0.1, 0.15) is 5.75 Å². The van der Waals surface area contributed by atoms with Crippen LogP contribution in [0.15, 0.2) is 67.2 Å². The predicted octanol–water partition coefficient (Wildman–Crippen LogP) is 5.47. The van der Waals surface area contributed by atoms with E-state index >= 15 is 0 Å². The molecule has 1 aromatic carbocycles. The molecular weight excluding hydrogens is 388 g/mol. The van der Waals surface area contributed by atoms with Gasteiger partial charge in [-0.05, 0) is 79.3 Å². The average Bonchev–Trinajstić information content (AvgIpc) is 3.19. The lowest BCUT2D eigenvalue weighted by atomic mass is 9.97. The molecule has 0 aliphatic heterocycles. The summed E-state index contributed by atoms with van der Waals surface area (Å²) in [6.45, 7) is 5.41. The number of Topliss-reactive ketones (excluding diaryl/α,β-unsaturated/α-hetero) is 2. The summed E-state index contributed by atoms with van der Waals surface area (Å²) in [5.41, 5.74) is 4.04. The quantitative estimate of drug-likeness (QED) is 0.148.